The number of carbonyl (C=O) groups is 4. The lowest BCUT2D eigenvalue weighted by atomic mass is 10.0. The monoisotopic (exact) mass is 790 g/mol. The third kappa shape index (κ3) is 10.3. The third-order valence-electron chi connectivity index (χ3n) is 11.0. The Morgan fingerprint density at radius 1 is 0.593 bits per heavy atom. The first-order valence-electron chi connectivity index (χ1n) is 20.3. The molecule has 4 amide bonds. The van der Waals surface area contributed by atoms with Crippen LogP contribution in [0.3, 0.4) is 0 Å². The van der Waals surface area contributed by atoms with E-state index in [1.54, 1.807) is 48.8 Å². The molecule has 2 fully saturated rings. The molecule has 4 heterocycles. The van der Waals surface area contributed by atoms with Gasteiger partial charge in [-0.2, -0.15) is 0 Å². The number of hydrogen-bond donors (Lipinski definition) is 5. The summed E-state index contributed by atoms with van der Waals surface area (Å²) in [6, 6.07) is 34.1. The Morgan fingerprint density at radius 2 is 1.12 bits per heavy atom. The largest absolute Gasteiger partial charge is 0.349 e. The van der Waals surface area contributed by atoms with Crippen LogP contribution in [0.1, 0.15) is 80.2 Å². The zero-order valence-corrected chi connectivity index (χ0v) is 33.2. The number of likely N-dealkylation sites (tertiary alicyclic amines) is 1. The van der Waals surface area contributed by atoms with E-state index in [2.05, 4.69) is 48.5 Å². The van der Waals surface area contributed by atoms with Crippen LogP contribution in [0.15, 0.2) is 122 Å². The number of nitrogens with zero attached hydrogens (tertiary/aromatic N) is 3. The van der Waals surface area contributed by atoms with E-state index < -0.39 is 0 Å². The maximum Gasteiger partial charge on any atom is 0.272 e. The highest BCUT2D eigenvalue weighted by Crippen LogP contribution is 2.23. The number of likely N-dealkylation sites (N-methyl/N-ethyl adjacent to an activating group) is 1. The van der Waals surface area contributed by atoms with Crippen molar-refractivity contribution in [2.75, 3.05) is 43.9 Å². The predicted octanol–water partition coefficient (Wildman–Crippen LogP) is 7.06. The molecule has 2 unspecified atom stereocenters. The standard InChI is InChI=1S/C24H26N4O2.C23H24N4O2/c1-28-15-5-4-10-18(28)16-26-24(30)22-21(13-7-14-25-22)27-23(29)20-12-6-9-17-8-2-3-11-19(17)20;28-22(19-11-5-8-16-7-1-2-10-18(16)19)27-20-12-6-14-25-21(20)23(29)26-15-17-9-3-4-13-24-17/h2-3,6-9,11-14,18H,4-5,10,15-16H2,1H3,(H,26,30)(H,27,29);1-2,5-8,10-12,14,17,24H,3-4,9,13,15H2,(H,26,29)(H,27,28). The number of anilines is 2. The van der Waals surface area contributed by atoms with E-state index in [0.717, 1.165) is 47.5 Å². The Balaban J connectivity index is 0.000000179. The van der Waals surface area contributed by atoms with Crippen molar-refractivity contribution in [2.24, 2.45) is 0 Å². The molecule has 0 aliphatic carbocycles. The van der Waals surface area contributed by atoms with Gasteiger partial charge in [-0.15, -0.1) is 0 Å². The van der Waals surface area contributed by atoms with Crippen LogP contribution in [0.25, 0.3) is 21.5 Å². The topological polar surface area (TPSA) is 157 Å². The average molecular weight is 791 g/mol. The minimum absolute atomic E-state index is 0.219. The second-order valence-corrected chi connectivity index (χ2v) is 15.0. The summed E-state index contributed by atoms with van der Waals surface area (Å²) in [4.78, 5) is 62.1. The number of benzene rings is 4. The minimum atomic E-state index is -0.286. The molecular weight excluding hydrogens is 741 g/mol. The summed E-state index contributed by atoms with van der Waals surface area (Å²) in [7, 11) is 2.09. The molecule has 8 rings (SSSR count). The summed E-state index contributed by atoms with van der Waals surface area (Å²) >= 11 is 0. The van der Waals surface area contributed by atoms with Gasteiger partial charge in [-0.05, 0) is 104 Å². The molecule has 59 heavy (non-hydrogen) atoms. The highest BCUT2D eigenvalue weighted by atomic mass is 16.2. The molecule has 2 aromatic heterocycles. The number of aromatic nitrogens is 2. The van der Waals surface area contributed by atoms with E-state index in [1.807, 2.05) is 72.8 Å². The number of pyridine rings is 2. The summed E-state index contributed by atoms with van der Waals surface area (Å²) in [6.07, 6.45) is 9.97. The molecule has 6 aromatic rings. The number of hydrogen-bond acceptors (Lipinski definition) is 8. The van der Waals surface area contributed by atoms with Gasteiger partial charge in [0.25, 0.3) is 23.6 Å². The van der Waals surface area contributed by atoms with Crippen molar-refractivity contribution in [3.63, 3.8) is 0 Å². The number of nitrogens with one attached hydrogen (secondary N) is 5. The van der Waals surface area contributed by atoms with Gasteiger partial charge < -0.3 is 31.5 Å². The van der Waals surface area contributed by atoms with Crippen molar-refractivity contribution in [3.8, 4) is 0 Å². The van der Waals surface area contributed by atoms with Crippen molar-refractivity contribution in [1.82, 2.24) is 30.8 Å². The van der Waals surface area contributed by atoms with Crippen LogP contribution in [-0.4, -0.2) is 83.8 Å². The van der Waals surface area contributed by atoms with Gasteiger partial charge in [-0.3, -0.25) is 19.2 Å². The maximum absolute atomic E-state index is 13.0. The molecule has 2 atom stereocenters. The first kappa shape index (κ1) is 40.7. The van der Waals surface area contributed by atoms with Crippen LogP contribution in [-0.2, 0) is 0 Å². The zero-order valence-electron chi connectivity index (χ0n) is 33.2. The van der Waals surface area contributed by atoms with Gasteiger partial charge in [0.1, 0.15) is 0 Å². The van der Waals surface area contributed by atoms with Gasteiger partial charge in [-0.1, -0.05) is 85.6 Å². The number of carbonyl (C=O) groups excluding carboxylic acids is 4. The molecule has 0 saturated carbocycles. The smallest absolute Gasteiger partial charge is 0.272 e. The van der Waals surface area contributed by atoms with E-state index in [-0.39, 0.29) is 41.1 Å². The Kier molecular flexibility index (Phi) is 13.6. The summed E-state index contributed by atoms with van der Waals surface area (Å²) in [5, 5.41) is 18.8. The summed E-state index contributed by atoms with van der Waals surface area (Å²) in [6.45, 7) is 3.15. The van der Waals surface area contributed by atoms with Gasteiger partial charge in [-0.25, -0.2) is 9.97 Å². The molecule has 2 aliphatic heterocycles. The van der Waals surface area contributed by atoms with Gasteiger partial charge >= 0.3 is 0 Å². The SMILES string of the molecule is CN1CCCCC1CNC(=O)c1ncccc1NC(=O)c1cccc2ccccc12.O=C(NCC1CCCCN1)c1ncccc1NC(=O)c1cccc2ccccc12. The first-order valence-corrected chi connectivity index (χ1v) is 20.3. The van der Waals surface area contributed by atoms with Gasteiger partial charge in [0, 0.05) is 48.7 Å². The molecule has 302 valence electrons. The Morgan fingerprint density at radius 3 is 1.66 bits per heavy atom. The molecule has 0 spiro atoms. The van der Waals surface area contributed by atoms with Crippen LogP contribution in [0.2, 0.25) is 0 Å². The van der Waals surface area contributed by atoms with Crippen molar-refractivity contribution >= 4 is 56.5 Å². The van der Waals surface area contributed by atoms with Crippen LogP contribution in [0.5, 0.6) is 0 Å². The lowest BCUT2D eigenvalue weighted by Crippen LogP contribution is -2.44. The lowest BCUT2D eigenvalue weighted by molar-refractivity contribution is 0.0921. The molecule has 0 radical (unpaired) electrons. The fraction of sp³-hybridized carbons (Fsp3) is 0.277. The van der Waals surface area contributed by atoms with E-state index in [4.69, 9.17) is 0 Å². The Bertz CT molecular complexity index is 2420. The highest BCUT2D eigenvalue weighted by Gasteiger charge is 2.22. The second-order valence-electron chi connectivity index (χ2n) is 15.0. The van der Waals surface area contributed by atoms with Crippen molar-refractivity contribution in [1.29, 1.82) is 0 Å². The van der Waals surface area contributed by atoms with Crippen LogP contribution in [0, 0.1) is 0 Å². The van der Waals surface area contributed by atoms with Crippen LogP contribution >= 0.6 is 0 Å². The van der Waals surface area contributed by atoms with Gasteiger partial charge in [0.05, 0.1) is 11.4 Å². The maximum atomic E-state index is 13.0. The number of fused-ring (bicyclic) bond motifs is 2. The highest BCUT2D eigenvalue weighted by molar-refractivity contribution is 6.15. The number of amides is 4. The molecule has 2 saturated heterocycles. The number of rotatable bonds is 10. The Hall–Kier alpha value is -6.50. The molecular formula is C47H50N8O4. The molecule has 5 N–H and O–H groups in total. The second kappa shape index (κ2) is 19.8. The fourth-order valence-corrected chi connectivity index (χ4v) is 7.69. The predicted molar refractivity (Wildman–Crippen MR) is 233 cm³/mol. The van der Waals surface area contributed by atoms with Crippen molar-refractivity contribution in [2.45, 2.75) is 50.6 Å². The van der Waals surface area contributed by atoms with E-state index in [0.29, 0.717) is 41.6 Å². The Labute approximate surface area is 344 Å². The molecule has 2 aliphatic rings. The minimum Gasteiger partial charge on any atom is -0.349 e. The molecule has 4 aromatic carbocycles. The summed E-state index contributed by atoms with van der Waals surface area (Å²) in [5.41, 5.74) is 2.38. The lowest BCUT2D eigenvalue weighted by Gasteiger charge is -2.32. The van der Waals surface area contributed by atoms with E-state index in [9.17, 15) is 19.2 Å². The summed E-state index contributed by atoms with van der Waals surface area (Å²) in [5.74, 6) is -1.09. The summed E-state index contributed by atoms with van der Waals surface area (Å²) < 4.78 is 0. The third-order valence-corrected chi connectivity index (χ3v) is 11.0. The quantitative estimate of drug-likeness (QED) is 0.0988. The van der Waals surface area contributed by atoms with Crippen LogP contribution < -0.4 is 26.6 Å². The molecule has 0 bridgehead atoms. The van der Waals surface area contributed by atoms with Gasteiger partial charge in [0.2, 0.25) is 0 Å². The van der Waals surface area contributed by atoms with E-state index in [1.165, 1.54) is 25.7 Å². The molecule has 12 nitrogen and oxygen atoms in total. The van der Waals surface area contributed by atoms with E-state index >= 15 is 0 Å². The van der Waals surface area contributed by atoms with Crippen molar-refractivity contribution < 1.29 is 19.2 Å². The normalized spacial score (nSPS) is 16.6. The van der Waals surface area contributed by atoms with Gasteiger partial charge in [0.15, 0.2) is 11.4 Å². The molecule has 12 heteroatoms. The zero-order chi connectivity index (χ0) is 41.0. The first-order chi connectivity index (χ1) is 28.9. The number of piperidine rings is 2. The average Bonchev–Trinajstić information content (AvgIpc) is 3.28. The fourth-order valence-electron chi connectivity index (χ4n) is 7.69. The van der Waals surface area contributed by atoms with Crippen LogP contribution in [0.4, 0.5) is 11.4 Å². The van der Waals surface area contributed by atoms with Crippen molar-refractivity contribution in [3.05, 3.63) is 144 Å².